The molecule has 0 aromatic heterocycles. The maximum atomic E-state index is 11.4. The molecule has 1 atom stereocenters. The van der Waals surface area contributed by atoms with E-state index in [1.165, 1.54) is 0 Å². The number of rotatable bonds is 4. The monoisotopic (exact) mass is 251 g/mol. The molecule has 1 rings (SSSR count). The largest absolute Gasteiger partial charge is 0.394 e. The van der Waals surface area contributed by atoms with Gasteiger partial charge in [-0.2, -0.15) is 0 Å². The van der Waals surface area contributed by atoms with Gasteiger partial charge in [0.05, 0.1) is 12.6 Å². The van der Waals surface area contributed by atoms with Crippen molar-refractivity contribution in [2.45, 2.75) is 13.0 Å². The second-order valence-electron chi connectivity index (χ2n) is 3.84. The van der Waals surface area contributed by atoms with Gasteiger partial charge in [0, 0.05) is 18.3 Å². The summed E-state index contributed by atoms with van der Waals surface area (Å²) in [6, 6.07) is 5.79. The second kappa shape index (κ2) is 6.61. The maximum Gasteiger partial charge on any atom is 0.319 e. The van der Waals surface area contributed by atoms with Crippen LogP contribution in [0.3, 0.4) is 0 Å². The summed E-state index contributed by atoms with van der Waals surface area (Å²) < 4.78 is 0. The predicted octanol–water partition coefficient (Wildman–Crippen LogP) is 0.548. The van der Waals surface area contributed by atoms with E-state index in [0.717, 1.165) is 0 Å². The van der Waals surface area contributed by atoms with Gasteiger partial charge < -0.3 is 21.1 Å². The van der Waals surface area contributed by atoms with Gasteiger partial charge >= 0.3 is 6.03 Å². The molecule has 0 fully saturated rings. The van der Waals surface area contributed by atoms with E-state index in [1.54, 1.807) is 38.2 Å². The van der Waals surface area contributed by atoms with Gasteiger partial charge in [0.25, 0.3) is 5.91 Å². The van der Waals surface area contributed by atoms with Crippen LogP contribution in [-0.4, -0.2) is 36.7 Å². The van der Waals surface area contributed by atoms with Crippen LogP contribution < -0.4 is 16.0 Å². The molecule has 0 aliphatic rings. The third kappa shape index (κ3) is 4.06. The molecular formula is C12H17N3O3. The van der Waals surface area contributed by atoms with E-state index in [-0.39, 0.29) is 18.6 Å². The number of benzene rings is 1. The molecular weight excluding hydrogens is 234 g/mol. The van der Waals surface area contributed by atoms with Gasteiger partial charge in [-0.15, -0.1) is 0 Å². The maximum absolute atomic E-state index is 11.4. The van der Waals surface area contributed by atoms with Crippen LogP contribution in [0.5, 0.6) is 0 Å². The Kier molecular flexibility index (Phi) is 5.13. The summed E-state index contributed by atoms with van der Waals surface area (Å²) in [5, 5.41) is 16.4. The number of urea groups is 1. The quantitative estimate of drug-likeness (QED) is 0.630. The summed E-state index contributed by atoms with van der Waals surface area (Å²) in [7, 11) is 1.55. The van der Waals surface area contributed by atoms with Gasteiger partial charge in [-0.25, -0.2) is 4.79 Å². The van der Waals surface area contributed by atoms with Crippen LogP contribution in [-0.2, 0) is 0 Å². The number of aliphatic hydroxyl groups is 1. The average molecular weight is 251 g/mol. The Morgan fingerprint density at radius 1 is 1.28 bits per heavy atom. The Morgan fingerprint density at radius 3 is 2.39 bits per heavy atom. The van der Waals surface area contributed by atoms with Gasteiger partial charge in [-0.1, -0.05) is 0 Å². The number of carbonyl (C=O) groups excluding carboxylic acids is 2. The molecule has 6 nitrogen and oxygen atoms in total. The van der Waals surface area contributed by atoms with Crippen molar-refractivity contribution in [2.24, 2.45) is 0 Å². The van der Waals surface area contributed by atoms with Crippen molar-refractivity contribution in [3.05, 3.63) is 29.8 Å². The van der Waals surface area contributed by atoms with E-state index in [4.69, 9.17) is 5.11 Å². The first-order valence-electron chi connectivity index (χ1n) is 5.57. The minimum absolute atomic E-state index is 0.122. The zero-order valence-corrected chi connectivity index (χ0v) is 10.4. The zero-order valence-electron chi connectivity index (χ0n) is 10.4. The first-order chi connectivity index (χ1) is 8.56. The van der Waals surface area contributed by atoms with E-state index in [0.29, 0.717) is 11.3 Å². The van der Waals surface area contributed by atoms with Gasteiger partial charge in [0.2, 0.25) is 0 Å². The van der Waals surface area contributed by atoms with Crippen LogP contribution in [0.25, 0.3) is 0 Å². The molecule has 98 valence electrons. The highest BCUT2D eigenvalue weighted by Crippen LogP contribution is 2.09. The first kappa shape index (κ1) is 14.0. The molecule has 3 amide bonds. The highest BCUT2D eigenvalue weighted by atomic mass is 16.3. The molecule has 18 heavy (non-hydrogen) atoms. The number of nitrogens with one attached hydrogen (secondary N) is 3. The molecule has 1 unspecified atom stereocenters. The molecule has 0 saturated carbocycles. The lowest BCUT2D eigenvalue weighted by Crippen LogP contribution is -2.38. The van der Waals surface area contributed by atoms with E-state index < -0.39 is 6.03 Å². The summed E-state index contributed by atoms with van der Waals surface area (Å²) >= 11 is 0. The predicted molar refractivity (Wildman–Crippen MR) is 68.5 cm³/mol. The van der Waals surface area contributed by atoms with Crippen LogP contribution in [0.4, 0.5) is 10.5 Å². The summed E-state index contributed by atoms with van der Waals surface area (Å²) in [5.74, 6) is -0.181. The van der Waals surface area contributed by atoms with Gasteiger partial charge in [-0.3, -0.25) is 4.79 Å². The number of aliphatic hydroxyl groups excluding tert-OH is 1. The molecule has 6 heteroatoms. The highest BCUT2D eigenvalue weighted by Gasteiger charge is 2.07. The fourth-order valence-corrected chi connectivity index (χ4v) is 1.29. The molecule has 0 spiro atoms. The molecule has 0 bridgehead atoms. The van der Waals surface area contributed by atoms with Crippen LogP contribution in [0.15, 0.2) is 24.3 Å². The number of anilines is 1. The highest BCUT2D eigenvalue weighted by molar-refractivity contribution is 5.95. The first-order valence-corrected chi connectivity index (χ1v) is 5.57. The lowest BCUT2D eigenvalue weighted by molar-refractivity contribution is 0.0963. The van der Waals surface area contributed by atoms with Crippen molar-refractivity contribution in [3.63, 3.8) is 0 Å². The number of amides is 3. The van der Waals surface area contributed by atoms with Gasteiger partial charge in [-0.05, 0) is 31.2 Å². The summed E-state index contributed by atoms with van der Waals surface area (Å²) in [5.41, 5.74) is 1.09. The van der Waals surface area contributed by atoms with Crippen LogP contribution in [0, 0.1) is 0 Å². The standard InChI is InChI=1S/C12H17N3O3/c1-8(7-16)14-12(18)15-10-5-3-9(4-6-10)11(17)13-2/h3-6,8,16H,7H2,1-2H3,(H,13,17)(H2,14,15,18). The molecule has 0 heterocycles. The Hall–Kier alpha value is -2.08. The van der Waals surface area contributed by atoms with Crippen molar-refractivity contribution >= 4 is 17.6 Å². The minimum atomic E-state index is -0.399. The number of hydrogen-bond acceptors (Lipinski definition) is 3. The lowest BCUT2D eigenvalue weighted by Gasteiger charge is -2.12. The molecule has 0 radical (unpaired) electrons. The summed E-state index contributed by atoms with van der Waals surface area (Å²) in [4.78, 5) is 22.7. The van der Waals surface area contributed by atoms with E-state index in [1.807, 2.05) is 0 Å². The van der Waals surface area contributed by atoms with Gasteiger partial charge in [0.1, 0.15) is 0 Å². The number of hydrogen-bond donors (Lipinski definition) is 4. The van der Waals surface area contributed by atoms with E-state index in [9.17, 15) is 9.59 Å². The molecule has 4 N–H and O–H groups in total. The van der Waals surface area contributed by atoms with Crippen molar-refractivity contribution in [3.8, 4) is 0 Å². The Bertz CT molecular complexity index is 417. The van der Waals surface area contributed by atoms with Crippen LogP contribution in [0.2, 0.25) is 0 Å². The van der Waals surface area contributed by atoms with Crippen molar-refractivity contribution in [1.82, 2.24) is 10.6 Å². The smallest absolute Gasteiger partial charge is 0.319 e. The third-order valence-corrected chi connectivity index (χ3v) is 2.28. The fourth-order valence-electron chi connectivity index (χ4n) is 1.29. The molecule has 0 aliphatic heterocycles. The molecule has 0 aliphatic carbocycles. The van der Waals surface area contributed by atoms with Crippen molar-refractivity contribution in [1.29, 1.82) is 0 Å². The topological polar surface area (TPSA) is 90.5 Å². The molecule has 1 aromatic carbocycles. The summed E-state index contributed by atoms with van der Waals surface area (Å²) in [6.45, 7) is 1.57. The van der Waals surface area contributed by atoms with Crippen molar-refractivity contribution < 1.29 is 14.7 Å². The summed E-state index contributed by atoms with van der Waals surface area (Å²) in [6.07, 6.45) is 0. The van der Waals surface area contributed by atoms with Crippen LogP contribution >= 0.6 is 0 Å². The van der Waals surface area contributed by atoms with E-state index >= 15 is 0 Å². The SMILES string of the molecule is CNC(=O)c1ccc(NC(=O)NC(C)CO)cc1. The fraction of sp³-hybridized carbons (Fsp3) is 0.333. The second-order valence-corrected chi connectivity index (χ2v) is 3.84. The van der Waals surface area contributed by atoms with Gasteiger partial charge in [0.15, 0.2) is 0 Å². The van der Waals surface area contributed by atoms with Crippen molar-refractivity contribution in [2.75, 3.05) is 19.0 Å². The molecule has 1 aromatic rings. The third-order valence-electron chi connectivity index (χ3n) is 2.28. The molecule has 0 saturated heterocycles. The minimum Gasteiger partial charge on any atom is -0.394 e. The lowest BCUT2D eigenvalue weighted by atomic mass is 10.2. The van der Waals surface area contributed by atoms with E-state index in [2.05, 4.69) is 16.0 Å². The Morgan fingerprint density at radius 2 is 1.89 bits per heavy atom. The van der Waals surface area contributed by atoms with Crippen LogP contribution in [0.1, 0.15) is 17.3 Å². The Balaban J connectivity index is 2.58. The number of carbonyl (C=O) groups is 2. The Labute approximate surface area is 105 Å². The average Bonchev–Trinajstić information content (AvgIpc) is 2.38. The zero-order chi connectivity index (χ0) is 13.5. The normalized spacial score (nSPS) is 11.5.